The molecular weight excluding hydrogens is 262 g/mol. The zero-order valence-corrected chi connectivity index (χ0v) is 11.4. The van der Waals surface area contributed by atoms with E-state index < -0.39 is 16.6 Å². The van der Waals surface area contributed by atoms with Crippen LogP contribution < -0.4 is 4.90 Å². The number of carboxylic acids is 1. The molecule has 0 bridgehead atoms. The van der Waals surface area contributed by atoms with Gasteiger partial charge in [-0.25, -0.2) is 9.78 Å². The van der Waals surface area contributed by atoms with Crippen molar-refractivity contribution in [1.82, 2.24) is 4.98 Å². The van der Waals surface area contributed by atoms with Crippen LogP contribution in [0.3, 0.4) is 0 Å². The molecule has 20 heavy (non-hydrogen) atoms. The number of carbonyl (C=O) groups is 1. The topological polar surface area (TPSA) is 96.6 Å². The summed E-state index contributed by atoms with van der Waals surface area (Å²) in [5, 5.41) is 19.9. The highest BCUT2D eigenvalue weighted by atomic mass is 16.6. The summed E-state index contributed by atoms with van der Waals surface area (Å²) in [5.41, 5.74) is -0.794. The Morgan fingerprint density at radius 3 is 2.70 bits per heavy atom. The van der Waals surface area contributed by atoms with E-state index in [4.69, 9.17) is 5.11 Å². The number of carboxylic acid groups (broad SMARTS) is 1. The number of hydrogen-bond donors (Lipinski definition) is 1. The summed E-state index contributed by atoms with van der Waals surface area (Å²) in [5.74, 6) is -0.215. The summed E-state index contributed by atoms with van der Waals surface area (Å²) >= 11 is 0. The molecule has 108 valence electrons. The van der Waals surface area contributed by atoms with Gasteiger partial charge in [0.15, 0.2) is 0 Å². The third kappa shape index (κ3) is 3.04. The summed E-state index contributed by atoms with van der Waals surface area (Å²) in [6.07, 6.45) is 3.37. The third-order valence-electron chi connectivity index (χ3n) is 3.37. The van der Waals surface area contributed by atoms with E-state index in [2.05, 4.69) is 4.98 Å². The largest absolute Gasteiger partial charge is 0.477 e. The van der Waals surface area contributed by atoms with Gasteiger partial charge in [0.2, 0.25) is 0 Å². The molecule has 1 fully saturated rings. The monoisotopic (exact) mass is 279 g/mol. The zero-order chi connectivity index (χ0) is 14.9. The highest BCUT2D eigenvalue weighted by Gasteiger charge is 2.28. The summed E-state index contributed by atoms with van der Waals surface area (Å²) in [6, 6.07) is 1.45. The fraction of sp³-hybridized carbons (Fsp3) is 0.538. The molecular formula is C13H17N3O4. The van der Waals surface area contributed by atoms with Gasteiger partial charge in [-0.2, -0.15) is 0 Å². The Labute approximate surface area is 116 Å². The molecule has 0 spiro atoms. The minimum atomic E-state index is -1.31. The van der Waals surface area contributed by atoms with Crippen LogP contribution in [0.2, 0.25) is 0 Å². The van der Waals surface area contributed by atoms with Gasteiger partial charge in [-0.05, 0) is 32.6 Å². The number of anilines is 1. The molecule has 0 saturated heterocycles. The van der Waals surface area contributed by atoms with Gasteiger partial charge in [0, 0.05) is 18.7 Å². The highest BCUT2D eigenvalue weighted by Crippen LogP contribution is 2.32. The van der Waals surface area contributed by atoms with Crippen molar-refractivity contribution in [1.29, 1.82) is 0 Å². The van der Waals surface area contributed by atoms with Crippen LogP contribution in [0.1, 0.15) is 37.0 Å². The van der Waals surface area contributed by atoms with E-state index in [0.717, 1.165) is 12.7 Å². The molecule has 0 amide bonds. The standard InChI is InChI=1S/C13H17N3O4/c1-8(2)15(7-9-3-4-9)12-5-10(13(17)18)11(6-14-12)16(19)20/h5-6,8-9H,3-4,7H2,1-2H3,(H,17,18). The molecule has 1 aliphatic rings. The van der Waals surface area contributed by atoms with Crippen molar-refractivity contribution >= 4 is 17.5 Å². The number of rotatable bonds is 6. The van der Waals surface area contributed by atoms with E-state index >= 15 is 0 Å². The average Bonchev–Trinajstić information content (AvgIpc) is 3.18. The smallest absolute Gasteiger partial charge is 0.342 e. The van der Waals surface area contributed by atoms with Gasteiger partial charge in [-0.1, -0.05) is 0 Å². The first-order chi connectivity index (χ1) is 9.40. The molecule has 0 unspecified atom stereocenters. The second-order valence-corrected chi connectivity index (χ2v) is 5.31. The third-order valence-corrected chi connectivity index (χ3v) is 3.37. The van der Waals surface area contributed by atoms with Crippen molar-refractivity contribution in [2.45, 2.75) is 32.7 Å². The van der Waals surface area contributed by atoms with Crippen LogP contribution >= 0.6 is 0 Å². The first-order valence-corrected chi connectivity index (χ1v) is 6.54. The fourth-order valence-corrected chi connectivity index (χ4v) is 2.06. The van der Waals surface area contributed by atoms with Gasteiger partial charge in [0.25, 0.3) is 0 Å². The minimum absolute atomic E-state index is 0.159. The maximum absolute atomic E-state index is 11.2. The van der Waals surface area contributed by atoms with Crippen molar-refractivity contribution in [2.75, 3.05) is 11.4 Å². The first kappa shape index (κ1) is 14.2. The molecule has 0 aromatic carbocycles. The molecule has 0 radical (unpaired) electrons. The van der Waals surface area contributed by atoms with Crippen LogP contribution in [0.25, 0.3) is 0 Å². The van der Waals surface area contributed by atoms with Crippen molar-refractivity contribution < 1.29 is 14.8 Å². The van der Waals surface area contributed by atoms with Crippen molar-refractivity contribution in [3.8, 4) is 0 Å². The molecule has 0 aliphatic heterocycles. The number of hydrogen-bond acceptors (Lipinski definition) is 5. The van der Waals surface area contributed by atoms with Gasteiger partial charge in [0.1, 0.15) is 17.6 Å². The molecule has 2 rings (SSSR count). The molecule has 1 aromatic heterocycles. The van der Waals surface area contributed by atoms with E-state index in [0.29, 0.717) is 11.7 Å². The minimum Gasteiger partial charge on any atom is -0.477 e. The van der Waals surface area contributed by atoms with Crippen LogP contribution in [-0.2, 0) is 0 Å². The Morgan fingerprint density at radius 2 is 2.25 bits per heavy atom. The average molecular weight is 279 g/mol. The number of aromatic carboxylic acids is 1. The lowest BCUT2D eigenvalue weighted by molar-refractivity contribution is -0.385. The normalized spacial score (nSPS) is 14.3. The number of pyridine rings is 1. The molecule has 1 aliphatic carbocycles. The second kappa shape index (κ2) is 5.44. The first-order valence-electron chi connectivity index (χ1n) is 6.54. The van der Waals surface area contributed by atoms with Crippen molar-refractivity contribution in [3.05, 3.63) is 27.9 Å². The highest BCUT2D eigenvalue weighted by molar-refractivity contribution is 5.93. The van der Waals surface area contributed by atoms with Crippen LogP contribution in [-0.4, -0.2) is 33.6 Å². The Balaban J connectivity index is 2.37. The van der Waals surface area contributed by atoms with Gasteiger partial charge in [-0.15, -0.1) is 0 Å². The van der Waals surface area contributed by atoms with Gasteiger partial charge >= 0.3 is 11.7 Å². The predicted molar refractivity (Wildman–Crippen MR) is 73.1 cm³/mol. The second-order valence-electron chi connectivity index (χ2n) is 5.31. The fourth-order valence-electron chi connectivity index (χ4n) is 2.06. The van der Waals surface area contributed by atoms with Crippen LogP contribution in [0.4, 0.5) is 11.5 Å². The summed E-state index contributed by atoms with van der Waals surface area (Å²) in [6.45, 7) is 4.79. The Bertz CT molecular complexity index is 540. The van der Waals surface area contributed by atoms with E-state index in [1.165, 1.54) is 18.9 Å². The predicted octanol–water partition coefficient (Wildman–Crippen LogP) is 2.31. The number of nitrogens with zero attached hydrogens (tertiary/aromatic N) is 3. The maximum atomic E-state index is 11.2. The van der Waals surface area contributed by atoms with E-state index in [1.54, 1.807) is 0 Å². The number of nitro groups is 1. The number of aromatic nitrogens is 1. The Hall–Kier alpha value is -2.18. The molecule has 1 heterocycles. The SMILES string of the molecule is CC(C)N(CC1CC1)c1cc(C(=O)O)c([N+](=O)[O-])cn1. The summed E-state index contributed by atoms with van der Waals surface area (Å²) < 4.78 is 0. The Morgan fingerprint density at radius 1 is 1.60 bits per heavy atom. The quantitative estimate of drug-likeness (QED) is 0.634. The van der Waals surface area contributed by atoms with Crippen LogP contribution in [0.5, 0.6) is 0 Å². The molecule has 1 N–H and O–H groups in total. The lowest BCUT2D eigenvalue weighted by atomic mass is 10.2. The maximum Gasteiger partial charge on any atom is 0.342 e. The summed E-state index contributed by atoms with van der Waals surface area (Å²) in [7, 11) is 0. The molecule has 1 aromatic rings. The molecule has 7 nitrogen and oxygen atoms in total. The van der Waals surface area contributed by atoms with E-state index in [1.807, 2.05) is 18.7 Å². The Kier molecular flexibility index (Phi) is 3.87. The van der Waals surface area contributed by atoms with Crippen LogP contribution in [0, 0.1) is 16.0 Å². The summed E-state index contributed by atoms with van der Waals surface area (Å²) in [4.78, 5) is 27.3. The van der Waals surface area contributed by atoms with E-state index in [9.17, 15) is 14.9 Å². The molecule has 7 heteroatoms. The van der Waals surface area contributed by atoms with Crippen LogP contribution in [0.15, 0.2) is 12.3 Å². The van der Waals surface area contributed by atoms with Gasteiger partial charge < -0.3 is 10.0 Å². The van der Waals surface area contributed by atoms with Gasteiger partial charge in [0.05, 0.1) is 4.92 Å². The van der Waals surface area contributed by atoms with E-state index in [-0.39, 0.29) is 11.6 Å². The van der Waals surface area contributed by atoms with Gasteiger partial charge in [-0.3, -0.25) is 10.1 Å². The lowest BCUT2D eigenvalue weighted by Gasteiger charge is -2.28. The zero-order valence-electron chi connectivity index (χ0n) is 11.4. The molecule has 0 atom stereocenters. The van der Waals surface area contributed by atoms with Crippen molar-refractivity contribution in [2.24, 2.45) is 5.92 Å². The molecule has 1 saturated carbocycles. The van der Waals surface area contributed by atoms with Crippen molar-refractivity contribution in [3.63, 3.8) is 0 Å². The lowest BCUT2D eigenvalue weighted by Crippen LogP contribution is -2.33.